The molecule has 0 radical (unpaired) electrons. The zero-order valence-electron chi connectivity index (χ0n) is 20.0. The molecule has 0 aliphatic heterocycles. The SMILES string of the molecule is CNc1cc(-c2cccnc2Nc2c(C)ccc3c(Nc4ccc(F)c(OC)c4)nccc23)ncn1. The fourth-order valence-corrected chi connectivity index (χ4v) is 3.98. The van der Waals surface area contributed by atoms with Gasteiger partial charge in [-0.3, -0.25) is 0 Å². The van der Waals surface area contributed by atoms with Gasteiger partial charge in [0.25, 0.3) is 0 Å². The first-order valence-corrected chi connectivity index (χ1v) is 11.3. The van der Waals surface area contributed by atoms with E-state index < -0.39 is 5.82 Å². The van der Waals surface area contributed by atoms with Gasteiger partial charge in [-0.15, -0.1) is 0 Å². The number of methoxy groups -OCH3 is 1. The quantitative estimate of drug-likeness (QED) is 0.258. The Morgan fingerprint density at radius 2 is 1.69 bits per heavy atom. The van der Waals surface area contributed by atoms with Crippen molar-refractivity contribution in [2.75, 3.05) is 30.1 Å². The minimum Gasteiger partial charge on any atom is -0.494 e. The predicted molar refractivity (Wildman–Crippen MR) is 141 cm³/mol. The summed E-state index contributed by atoms with van der Waals surface area (Å²) in [6.07, 6.45) is 5.00. The summed E-state index contributed by atoms with van der Waals surface area (Å²) in [7, 11) is 3.25. The summed E-state index contributed by atoms with van der Waals surface area (Å²) in [6.45, 7) is 2.03. The highest BCUT2D eigenvalue weighted by Crippen LogP contribution is 2.36. The summed E-state index contributed by atoms with van der Waals surface area (Å²) in [5.41, 5.74) is 4.20. The Balaban J connectivity index is 1.56. The Morgan fingerprint density at radius 1 is 0.833 bits per heavy atom. The predicted octanol–water partition coefficient (Wildman–Crippen LogP) is 6.07. The van der Waals surface area contributed by atoms with Gasteiger partial charge in [-0.25, -0.2) is 24.3 Å². The molecule has 0 saturated heterocycles. The third kappa shape index (κ3) is 4.46. The van der Waals surface area contributed by atoms with E-state index in [-0.39, 0.29) is 5.75 Å². The first kappa shape index (κ1) is 23.0. The van der Waals surface area contributed by atoms with Gasteiger partial charge in [0.15, 0.2) is 11.6 Å². The molecular formula is C27H24FN7O. The number of aryl methyl sites for hydroxylation is 1. The Morgan fingerprint density at radius 3 is 2.53 bits per heavy atom. The van der Waals surface area contributed by atoms with E-state index in [1.807, 2.05) is 50.4 Å². The number of fused-ring (bicyclic) bond motifs is 1. The number of halogens is 1. The maximum absolute atomic E-state index is 13.9. The Hall–Kier alpha value is -4.79. The van der Waals surface area contributed by atoms with E-state index >= 15 is 0 Å². The zero-order valence-corrected chi connectivity index (χ0v) is 20.0. The minimum absolute atomic E-state index is 0.160. The standard InChI is InChI=1S/C27H24FN7O/c1-16-6-8-19-18(10-12-31-26(19)34-17-7-9-21(28)23(13-17)36-3)25(16)35-27-20(5-4-11-30-27)22-14-24(29-2)33-15-32-22/h4-15H,1-3H3,(H,30,35)(H,31,34)(H,29,32,33). The average Bonchev–Trinajstić information content (AvgIpc) is 2.91. The molecule has 0 spiro atoms. The van der Waals surface area contributed by atoms with Crippen LogP contribution < -0.4 is 20.7 Å². The van der Waals surface area contributed by atoms with Crippen molar-refractivity contribution in [2.45, 2.75) is 6.92 Å². The third-order valence-electron chi connectivity index (χ3n) is 5.82. The lowest BCUT2D eigenvalue weighted by molar-refractivity contribution is 0.387. The number of ether oxygens (including phenoxy) is 1. The molecule has 0 aliphatic rings. The number of pyridine rings is 2. The Kier molecular flexibility index (Phi) is 6.27. The number of hydrogen-bond acceptors (Lipinski definition) is 8. The van der Waals surface area contributed by atoms with Gasteiger partial charge in [-0.05, 0) is 42.8 Å². The van der Waals surface area contributed by atoms with E-state index in [2.05, 4.69) is 35.9 Å². The van der Waals surface area contributed by atoms with Gasteiger partial charge in [0.1, 0.15) is 23.8 Å². The summed E-state index contributed by atoms with van der Waals surface area (Å²) >= 11 is 0. The van der Waals surface area contributed by atoms with Crippen LogP contribution in [0.25, 0.3) is 22.0 Å². The second-order valence-corrected chi connectivity index (χ2v) is 8.05. The molecule has 0 aliphatic carbocycles. The van der Waals surface area contributed by atoms with Crippen molar-refractivity contribution < 1.29 is 9.13 Å². The van der Waals surface area contributed by atoms with Crippen LogP contribution >= 0.6 is 0 Å². The fourth-order valence-electron chi connectivity index (χ4n) is 3.98. The van der Waals surface area contributed by atoms with Gasteiger partial charge in [0, 0.05) is 53.6 Å². The van der Waals surface area contributed by atoms with Crippen LogP contribution in [0.15, 0.2) is 73.3 Å². The number of benzene rings is 2. The van der Waals surface area contributed by atoms with Gasteiger partial charge in [-0.2, -0.15) is 0 Å². The van der Waals surface area contributed by atoms with Crippen molar-refractivity contribution in [3.8, 4) is 17.0 Å². The van der Waals surface area contributed by atoms with Crippen molar-refractivity contribution in [2.24, 2.45) is 0 Å². The van der Waals surface area contributed by atoms with Crippen LogP contribution in [0.3, 0.4) is 0 Å². The lowest BCUT2D eigenvalue weighted by atomic mass is 10.0. The lowest BCUT2D eigenvalue weighted by Gasteiger charge is -2.17. The molecule has 0 amide bonds. The zero-order chi connectivity index (χ0) is 25.1. The first-order valence-electron chi connectivity index (χ1n) is 11.3. The molecule has 5 aromatic rings. The number of nitrogens with one attached hydrogen (secondary N) is 3. The molecule has 9 heteroatoms. The van der Waals surface area contributed by atoms with Crippen molar-refractivity contribution in [3.05, 3.63) is 84.7 Å². The third-order valence-corrected chi connectivity index (χ3v) is 5.82. The van der Waals surface area contributed by atoms with E-state index in [1.165, 1.54) is 19.5 Å². The van der Waals surface area contributed by atoms with E-state index in [1.54, 1.807) is 24.5 Å². The maximum Gasteiger partial charge on any atom is 0.165 e. The monoisotopic (exact) mass is 481 g/mol. The summed E-state index contributed by atoms with van der Waals surface area (Å²) in [6, 6.07) is 16.3. The summed E-state index contributed by atoms with van der Waals surface area (Å²) in [5, 5.41) is 11.7. The van der Waals surface area contributed by atoms with Crippen LogP contribution in [0.1, 0.15) is 5.56 Å². The Labute approximate surface area is 207 Å². The van der Waals surface area contributed by atoms with E-state index in [4.69, 9.17) is 4.74 Å². The van der Waals surface area contributed by atoms with Crippen molar-refractivity contribution in [1.82, 2.24) is 19.9 Å². The van der Waals surface area contributed by atoms with Crippen LogP contribution in [0, 0.1) is 12.7 Å². The van der Waals surface area contributed by atoms with Crippen LogP contribution in [0.5, 0.6) is 5.75 Å². The molecule has 3 heterocycles. The highest BCUT2D eigenvalue weighted by molar-refractivity contribution is 6.03. The summed E-state index contributed by atoms with van der Waals surface area (Å²) in [4.78, 5) is 17.8. The molecule has 0 bridgehead atoms. The molecule has 0 unspecified atom stereocenters. The van der Waals surface area contributed by atoms with E-state index in [9.17, 15) is 4.39 Å². The number of hydrogen-bond donors (Lipinski definition) is 3. The molecular weight excluding hydrogens is 457 g/mol. The molecule has 0 saturated carbocycles. The van der Waals surface area contributed by atoms with Crippen molar-refractivity contribution in [1.29, 1.82) is 0 Å². The van der Waals surface area contributed by atoms with Crippen molar-refractivity contribution in [3.63, 3.8) is 0 Å². The molecule has 8 nitrogen and oxygen atoms in total. The number of nitrogens with zero attached hydrogens (tertiary/aromatic N) is 4. The molecule has 2 aromatic carbocycles. The van der Waals surface area contributed by atoms with Crippen LogP contribution in [-0.2, 0) is 0 Å². The lowest BCUT2D eigenvalue weighted by Crippen LogP contribution is -2.02. The normalized spacial score (nSPS) is 10.8. The smallest absolute Gasteiger partial charge is 0.165 e. The molecule has 3 aromatic heterocycles. The van der Waals surface area contributed by atoms with E-state index in [0.717, 1.165) is 39.1 Å². The highest BCUT2D eigenvalue weighted by Gasteiger charge is 2.14. The minimum atomic E-state index is -0.423. The van der Waals surface area contributed by atoms with Crippen LogP contribution in [0.2, 0.25) is 0 Å². The topological polar surface area (TPSA) is 96.9 Å². The second kappa shape index (κ2) is 9.83. The molecule has 5 rings (SSSR count). The molecule has 0 atom stereocenters. The highest BCUT2D eigenvalue weighted by atomic mass is 19.1. The van der Waals surface area contributed by atoms with Crippen molar-refractivity contribution >= 4 is 39.6 Å². The summed E-state index contributed by atoms with van der Waals surface area (Å²) in [5.74, 6) is 1.76. The summed E-state index contributed by atoms with van der Waals surface area (Å²) < 4.78 is 19.0. The van der Waals surface area contributed by atoms with Crippen LogP contribution in [-0.4, -0.2) is 34.1 Å². The number of rotatable bonds is 7. The van der Waals surface area contributed by atoms with E-state index in [0.29, 0.717) is 17.3 Å². The molecule has 36 heavy (non-hydrogen) atoms. The number of aromatic nitrogens is 4. The van der Waals surface area contributed by atoms with Gasteiger partial charge in [0.05, 0.1) is 18.5 Å². The van der Waals surface area contributed by atoms with Gasteiger partial charge in [0.2, 0.25) is 0 Å². The molecule has 0 fully saturated rings. The van der Waals surface area contributed by atoms with Gasteiger partial charge >= 0.3 is 0 Å². The largest absolute Gasteiger partial charge is 0.494 e. The van der Waals surface area contributed by atoms with Gasteiger partial charge in [-0.1, -0.05) is 12.1 Å². The second-order valence-electron chi connectivity index (χ2n) is 8.05. The van der Waals surface area contributed by atoms with Crippen LogP contribution in [0.4, 0.5) is 33.2 Å². The average molecular weight is 482 g/mol. The van der Waals surface area contributed by atoms with Gasteiger partial charge < -0.3 is 20.7 Å². The molecule has 180 valence electrons. The first-order chi connectivity index (χ1) is 17.6. The fraction of sp³-hybridized carbons (Fsp3) is 0.111. The maximum atomic E-state index is 13.9. The Bertz CT molecular complexity index is 1560. The number of anilines is 5. The molecule has 3 N–H and O–H groups in total.